The monoisotopic (exact) mass is 361 g/mol. The van der Waals surface area contributed by atoms with Crippen molar-refractivity contribution in [2.45, 2.75) is 13.8 Å². The molecular formula is C14H14BrClFNO2. The molecule has 0 spiro atoms. The number of carbonyl (C=O) groups is 2. The standard InChI is InChI=1S/C14H14BrClFNO2/c1-7(2)8(5-15)6-18-12-10(17)4-3-9(16)11(12)13(19)14(18)20/h3-4,7-8H,5-6H2,1-2H3. The summed E-state index contributed by atoms with van der Waals surface area (Å²) in [6.45, 7) is 4.32. The summed E-state index contributed by atoms with van der Waals surface area (Å²) in [6, 6.07) is 2.48. The zero-order valence-corrected chi connectivity index (χ0v) is 13.5. The predicted molar refractivity (Wildman–Crippen MR) is 80.2 cm³/mol. The van der Waals surface area contributed by atoms with Crippen LogP contribution in [0.3, 0.4) is 0 Å². The molecule has 0 N–H and O–H groups in total. The largest absolute Gasteiger partial charge is 0.302 e. The smallest absolute Gasteiger partial charge is 0.299 e. The first kappa shape index (κ1) is 15.4. The molecule has 1 amide bonds. The van der Waals surface area contributed by atoms with E-state index in [0.29, 0.717) is 11.2 Å². The molecular weight excluding hydrogens is 349 g/mol. The summed E-state index contributed by atoms with van der Waals surface area (Å²) in [5, 5.41) is 0.780. The number of fused-ring (bicyclic) bond motifs is 1. The molecule has 1 aromatic carbocycles. The molecule has 0 aromatic heterocycles. The summed E-state index contributed by atoms with van der Waals surface area (Å²) >= 11 is 9.31. The summed E-state index contributed by atoms with van der Waals surface area (Å²) in [5.74, 6) is -1.62. The van der Waals surface area contributed by atoms with Crippen molar-refractivity contribution in [3.63, 3.8) is 0 Å². The van der Waals surface area contributed by atoms with E-state index in [2.05, 4.69) is 15.9 Å². The Labute approximate surface area is 130 Å². The van der Waals surface area contributed by atoms with E-state index in [9.17, 15) is 14.0 Å². The Morgan fingerprint density at radius 1 is 1.35 bits per heavy atom. The maximum absolute atomic E-state index is 14.0. The molecule has 0 aliphatic carbocycles. The van der Waals surface area contributed by atoms with E-state index in [1.807, 2.05) is 13.8 Å². The number of nitrogens with zero attached hydrogens (tertiary/aromatic N) is 1. The van der Waals surface area contributed by atoms with Crippen LogP contribution in [0.1, 0.15) is 24.2 Å². The van der Waals surface area contributed by atoms with E-state index >= 15 is 0 Å². The van der Waals surface area contributed by atoms with Gasteiger partial charge in [-0.05, 0) is 24.0 Å². The zero-order chi connectivity index (χ0) is 15.0. The number of Topliss-reactive ketones (excluding diaryl/α,β-unsaturated/α-hetero) is 1. The molecule has 0 saturated carbocycles. The van der Waals surface area contributed by atoms with Crippen molar-refractivity contribution in [3.8, 4) is 0 Å². The van der Waals surface area contributed by atoms with Crippen molar-refractivity contribution in [2.75, 3.05) is 16.8 Å². The molecule has 0 saturated heterocycles. The summed E-state index contributed by atoms with van der Waals surface area (Å²) in [7, 11) is 0. The molecule has 3 nitrogen and oxygen atoms in total. The summed E-state index contributed by atoms with van der Waals surface area (Å²) < 4.78 is 14.0. The van der Waals surface area contributed by atoms with Gasteiger partial charge in [0.1, 0.15) is 5.82 Å². The zero-order valence-electron chi connectivity index (χ0n) is 11.1. The van der Waals surface area contributed by atoms with Gasteiger partial charge in [0.2, 0.25) is 0 Å². The Morgan fingerprint density at radius 2 is 2.00 bits per heavy atom. The number of hydrogen-bond donors (Lipinski definition) is 0. The number of anilines is 1. The fourth-order valence-electron chi connectivity index (χ4n) is 2.20. The molecule has 1 aliphatic rings. The van der Waals surface area contributed by atoms with Crippen molar-refractivity contribution in [1.29, 1.82) is 0 Å². The van der Waals surface area contributed by atoms with Crippen LogP contribution in [0.25, 0.3) is 0 Å². The number of amides is 1. The van der Waals surface area contributed by atoms with Gasteiger partial charge >= 0.3 is 0 Å². The van der Waals surface area contributed by atoms with Crippen molar-refractivity contribution >= 4 is 44.9 Å². The van der Waals surface area contributed by atoms with Crippen LogP contribution in [-0.2, 0) is 4.79 Å². The highest BCUT2D eigenvalue weighted by atomic mass is 79.9. The fraction of sp³-hybridized carbons (Fsp3) is 0.429. The molecule has 1 aliphatic heterocycles. The summed E-state index contributed by atoms with van der Waals surface area (Å²) in [5.41, 5.74) is -0.00662. The highest BCUT2D eigenvalue weighted by Gasteiger charge is 2.40. The Hall–Kier alpha value is -0.940. The van der Waals surface area contributed by atoms with E-state index in [-0.39, 0.29) is 28.7 Å². The third-order valence-electron chi connectivity index (χ3n) is 3.57. The molecule has 1 unspecified atom stereocenters. The first-order chi connectivity index (χ1) is 9.38. The van der Waals surface area contributed by atoms with Crippen LogP contribution in [0, 0.1) is 17.7 Å². The van der Waals surface area contributed by atoms with Gasteiger partial charge in [0.15, 0.2) is 0 Å². The van der Waals surface area contributed by atoms with Crippen molar-refractivity contribution in [2.24, 2.45) is 11.8 Å². The third kappa shape index (κ3) is 2.49. The van der Waals surface area contributed by atoms with E-state index in [4.69, 9.17) is 11.6 Å². The molecule has 20 heavy (non-hydrogen) atoms. The van der Waals surface area contributed by atoms with Crippen LogP contribution in [0.2, 0.25) is 5.02 Å². The number of hydrogen-bond acceptors (Lipinski definition) is 2. The second-order valence-corrected chi connectivity index (χ2v) is 6.21. The van der Waals surface area contributed by atoms with Crippen LogP contribution in [0.5, 0.6) is 0 Å². The van der Waals surface area contributed by atoms with Crippen LogP contribution >= 0.6 is 27.5 Å². The number of benzene rings is 1. The SMILES string of the molecule is CC(C)C(CBr)CN1C(=O)C(=O)c2c(Cl)ccc(F)c21. The first-order valence-electron chi connectivity index (χ1n) is 6.28. The molecule has 0 fully saturated rings. The highest BCUT2D eigenvalue weighted by molar-refractivity contribution is 9.09. The minimum atomic E-state index is -0.735. The third-order valence-corrected chi connectivity index (χ3v) is 4.72. The van der Waals surface area contributed by atoms with Gasteiger partial charge in [0.05, 0.1) is 16.3 Å². The van der Waals surface area contributed by atoms with Gasteiger partial charge in [0, 0.05) is 11.9 Å². The lowest BCUT2D eigenvalue weighted by molar-refractivity contribution is -0.114. The van der Waals surface area contributed by atoms with Gasteiger partial charge in [-0.15, -0.1) is 0 Å². The topological polar surface area (TPSA) is 37.4 Å². The highest BCUT2D eigenvalue weighted by Crippen LogP contribution is 2.37. The fourth-order valence-corrected chi connectivity index (χ4v) is 3.39. The lowest BCUT2D eigenvalue weighted by atomic mass is 9.97. The Morgan fingerprint density at radius 3 is 2.55 bits per heavy atom. The van der Waals surface area contributed by atoms with Gasteiger partial charge in [-0.2, -0.15) is 0 Å². The van der Waals surface area contributed by atoms with Crippen molar-refractivity contribution in [1.82, 2.24) is 0 Å². The van der Waals surface area contributed by atoms with Crippen molar-refractivity contribution < 1.29 is 14.0 Å². The van der Waals surface area contributed by atoms with E-state index in [0.717, 1.165) is 0 Å². The van der Waals surface area contributed by atoms with E-state index in [1.54, 1.807) is 0 Å². The Balaban J connectivity index is 2.45. The number of ketones is 1. The normalized spacial score (nSPS) is 16.0. The van der Waals surface area contributed by atoms with Gasteiger partial charge in [-0.25, -0.2) is 4.39 Å². The molecule has 0 bridgehead atoms. The molecule has 1 aromatic rings. The predicted octanol–water partition coefficient (Wildman–Crippen LogP) is 3.68. The maximum atomic E-state index is 14.0. The summed E-state index contributed by atoms with van der Waals surface area (Å²) in [6.07, 6.45) is 0. The number of rotatable bonds is 4. The van der Waals surface area contributed by atoms with Gasteiger partial charge in [0.25, 0.3) is 11.7 Å². The quantitative estimate of drug-likeness (QED) is 0.605. The average Bonchev–Trinajstić information content (AvgIpc) is 2.65. The lowest BCUT2D eigenvalue weighted by Crippen LogP contribution is -2.37. The van der Waals surface area contributed by atoms with Crippen LogP contribution < -0.4 is 4.90 Å². The second kappa shape index (κ2) is 5.82. The van der Waals surface area contributed by atoms with E-state index in [1.165, 1.54) is 17.0 Å². The van der Waals surface area contributed by atoms with Crippen molar-refractivity contribution in [3.05, 3.63) is 28.5 Å². The molecule has 0 radical (unpaired) electrons. The molecule has 2 rings (SSSR count). The lowest BCUT2D eigenvalue weighted by Gasteiger charge is -2.25. The number of halogens is 3. The van der Waals surface area contributed by atoms with Gasteiger partial charge in [-0.3, -0.25) is 9.59 Å². The van der Waals surface area contributed by atoms with Gasteiger partial charge < -0.3 is 4.90 Å². The van der Waals surface area contributed by atoms with Crippen LogP contribution in [0.4, 0.5) is 10.1 Å². The minimum absolute atomic E-state index is 0.0131. The van der Waals surface area contributed by atoms with Crippen LogP contribution in [0.15, 0.2) is 12.1 Å². The van der Waals surface area contributed by atoms with Gasteiger partial charge in [-0.1, -0.05) is 41.4 Å². The Kier molecular flexibility index (Phi) is 4.49. The number of carbonyl (C=O) groups excluding carboxylic acids is 2. The molecule has 108 valence electrons. The second-order valence-electron chi connectivity index (χ2n) is 5.16. The Bertz CT molecular complexity index is 577. The number of alkyl halides is 1. The average molecular weight is 363 g/mol. The summed E-state index contributed by atoms with van der Waals surface area (Å²) in [4.78, 5) is 25.3. The maximum Gasteiger partial charge on any atom is 0.299 e. The first-order valence-corrected chi connectivity index (χ1v) is 7.78. The molecule has 6 heteroatoms. The van der Waals surface area contributed by atoms with Crippen LogP contribution in [-0.4, -0.2) is 23.6 Å². The minimum Gasteiger partial charge on any atom is -0.302 e. The molecule has 1 atom stereocenters. The van der Waals surface area contributed by atoms with E-state index < -0.39 is 17.5 Å². The molecule has 1 heterocycles.